The Hall–Kier alpha value is -0.120. The third-order valence-corrected chi connectivity index (χ3v) is 5.15. The lowest BCUT2D eigenvalue weighted by atomic mass is 9.69. The van der Waals surface area contributed by atoms with E-state index in [2.05, 4.69) is 31.0 Å². The zero-order chi connectivity index (χ0) is 14.6. The summed E-state index contributed by atoms with van der Waals surface area (Å²) in [6.07, 6.45) is 7.24. The Kier molecular flexibility index (Phi) is 5.88. The minimum Gasteiger partial charge on any atom is -0.392 e. The molecule has 3 atom stereocenters. The maximum atomic E-state index is 9.86. The molecule has 1 heterocycles. The molecule has 0 radical (unpaired) electrons. The topological polar surface area (TPSA) is 35.5 Å². The van der Waals surface area contributed by atoms with Gasteiger partial charge in [-0.25, -0.2) is 0 Å². The number of nitrogens with one attached hydrogen (secondary N) is 1. The first-order chi connectivity index (χ1) is 9.50. The van der Waals surface area contributed by atoms with Gasteiger partial charge in [-0.15, -0.1) is 0 Å². The molecule has 2 rings (SSSR count). The van der Waals surface area contributed by atoms with Crippen molar-refractivity contribution in [2.75, 3.05) is 26.2 Å². The summed E-state index contributed by atoms with van der Waals surface area (Å²) in [6, 6.07) is 0.682. The second kappa shape index (κ2) is 7.24. The summed E-state index contributed by atoms with van der Waals surface area (Å²) in [5, 5.41) is 13.6. The zero-order valence-corrected chi connectivity index (χ0v) is 13.7. The van der Waals surface area contributed by atoms with Crippen LogP contribution in [0.15, 0.2) is 0 Å². The van der Waals surface area contributed by atoms with Crippen molar-refractivity contribution in [3.63, 3.8) is 0 Å². The van der Waals surface area contributed by atoms with Gasteiger partial charge in [-0.1, -0.05) is 20.8 Å². The molecule has 0 aromatic heterocycles. The van der Waals surface area contributed by atoms with Crippen molar-refractivity contribution in [1.29, 1.82) is 0 Å². The highest BCUT2D eigenvalue weighted by molar-refractivity contribution is 4.91. The van der Waals surface area contributed by atoms with Gasteiger partial charge in [0.05, 0.1) is 6.10 Å². The molecule has 3 nitrogen and oxygen atoms in total. The average molecular weight is 282 g/mol. The number of hydrogen-bond acceptors (Lipinski definition) is 3. The number of likely N-dealkylation sites (tertiary alicyclic amines) is 1. The summed E-state index contributed by atoms with van der Waals surface area (Å²) < 4.78 is 0. The van der Waals surface area contributed by atoms with Gasteiger partial charge in [0.2, 0.25) is 0 Å². The first-order valence-electron chi connectivity index (χ1n) is 8.64. The second-order valence-electron chi connectivity index (χ2n) is 7.78. The Morgan fingerprint density at radius 1 is 1.30 bits per heavy atom. The number of rotatable bonds is 5. The highest BCUT2D eigenvalue weighted by atomic mass is 16.3. The molecule has 0 bridgehead atoms. The van der Waals surface area contributed by atoms with Crippen molar-refractivity contribution >= 4 is 0 Å². The molecule has 1 aliphatic carbocycles. The number of aliphatic hydroxyl groups is 1. The van der Waals surface area contributed by atoms with Crippen LogP contribution >= 0.6 is 0 Å². The van der Waals surface area contributed by atoms with Gasteiger partial charge in [-0.3, -0.25) is 0 Å². The van der Waals surface area contributed by atoms with Crippen molar-refractivity contribution in [2.24, 2.45) is 11.3 Å². The monoisotopic (exact) mass is 282 g/mol. The van der Waals surface area contributed by atoms with E-state index in [0.717, 1.165) is 31.8 Å². The van der Waals surface area contributed by atoms with Gasteiger partial charge in [0.1, 0.15) is 0 Å². The lowest BCUT2D eigenvalue weighted by Crippen LogP contribution is -2.50. The lowest BCUT2D eigenvalue weighted by Gasteiger charge is -2.44. The fourth-order valence-electron chi connectivity index (χ4n) is 4.05. The summed E-state index contributed by atoms with van der Waals surface area (Å²) in [6.45, 7) is 11.5. The van der Waals surface area contributed by atoms with Gasteiger partial charge >= 0.3 is 0 Å². The Balaban J connectivity index is 1.91. The highest BCUT2D eigenvalue weighted by Gasteiger charge is 2.35. The molecule has 2 fully saturated rings. The molecule has 0 amide bonds. The van der Waals surface area contributed by atoms with Crippen LogP contribution in [0.3, 0.4) is 0 Å². The predicted molar refractivity (Wildman–Crippen MR) is 84.9 cm³/mol. The molecule has 0 aromatic carbocycles. The molecule has 3 heteroatoms. The van der Waals surface area contributed by atoms with Gasteiger partial charge < -0.3 is 15.3 Å². The molecule has 2 aliphatic rings. The van der Waals surface area contributed by atoms with E-state index in [9.17, 15) is 5.11 Å². The fraction of sp³-hybridized carbons (Fsp3) is 1.00. The average Bonchev–Trinajstić information content (AvgIpc) is 2.37. The van der Waals surface area contributed by atoms with E-state index in [1.54, 1.807) is 0 Å². The number of hydrogen-bond donors (Lipinski definition) is 2. The zero-order valence-electron chi connectivity index (χ0n) is 13.7. The van der Waals surface area contributed by atoms with Gasteiger partial charge in [-0.2, -0.15) is 0 Å². The Labute approximate surface area is 125 Å². The summed E-state index contributed by atoms with van der Waals surface area (Å²) in [7, 11) is 0. The highest BCUT2D eigenvalue weighted by Crippen LogP contribution is 2.39. The van der Waals surface area contributed by atoms with Crippen LogP contribution in [-0.4, -0.2) is 48.3 Å². The first kappa shape index (κ1) is 16.3. The number of nitrogens with zero attached hydrogens (tertiary/aromatic N) is 1. The lowest BCUT2D eigenvalue weighted by molar-refractivity contribution is 0.0400. The third kappa shape index (κ3) is 4.71. The van der Waals surface area contributed by atoms with Gasteiger partial charge in [0.15, 0.2) is 0 Å². The molecular weight excluding hydrogens is 248 g/mol. The predicted octanol–water partition coefficient (Wildman–Crippen LogP) is 2.64. The Morgan fingerprint density at radius 2 is 2.10 bits per heavy atom. The molecule has 2 N–H and O–H groups in total. The van der Waals surface area contributed by atoms with E-state index in [1.165, 1.54) is 38.8 Å². The first-order valence-corrected chi connectivity index (χ1v) is 8.64. The summed E-state index contributed by atoms with van der Waals surface area (Å²) in [4.78, 5) is 2.50. The standard InChI is InChI=1S/C17H34N2O/c1-4-9-18-16-7-8-17(2,3)11-14(16)12-19-10-5-6-15(20)13-19/h14-16,18,20H,4-13H2,1-3H3. The molecule has 1 aliphatic heterocycles. The molecule has 3 unspecified atom stereocenters. The van der Waals surface area contributed by atoms with Crippen LogP contribution in [0.2, 0.25) is 0 Å². The van der Waals surface area contributed by atoms with Crippen LogP contribution in [0.5, 0.6) is 0 Å². The molecular formula is C17H34N2O. The van der Waals surface area contributed by atoms with Crippen molar-refractivity contribution in [2.45, 2.75) is 71.4 Å². The largest absolute Gasteiger partial charge is 0.392 e. The van der Waals surface area contributed by atoms with Crippen LogP contribution in [-0.2, 0) is 0 Å². The number of β-amino-alcohol motifs (C(OH)–C–C–N with tert-alkyl or cyclic N) is 1. The van der Waals surface area contributed by atoms with Crippen LogP contribution in [0.4, 0.5) is 0 Å². The maximum Gasteiger partial charge on any atom is 0.0667 e. The smallest absolute Gasteiger partial charge is 0.0667 e. The summed E-state index contributed by atoms with van der Waals surface area (Å²) in [5.74, 6) is 0.746. The van der Waals surface area contributed by atoms with Crippen LogP contribution < -0.4 is 5.32 Å². The normalized spacial score (nSPS) is 35.1. The quantitative estimate of drug-likeness (QED) is 0.814. The van der Waals surface area contributed by atoms with E-state index in [0.29, 0.717) is 11.5 Å². The van der Waals surface area contributed by atoms with Crippen LogP contribution in [0.1, 0.15) is 59.3 Å². The van der Waals surface area contributed by atoms with Gasteiger partial charge in [-0.05, 0) is 62.9 Å². The molecule has 20 heavy (non-hydrogen) atoms. The summed E-state index contributed by atoms with van der Waals surface area (Å²) >= 11 is 0. The second-order valence-corrected chi connectivity index (χ2v) is 7.78. The Bertz CT molecular complexity index is 293. The number of aliphatic hydroxyl groups excluding tert-OH is 1. The summed E-state index contributed by atoms with van der Waals surface area (Å²) in [5.41, 5.74) is 0.490. The minimum absolute atomic E-state index is 0.0950. The van der Waals surface area contributed by atoms with E-state index < -0.39 is 0 Å². The van der Waals surface area contributed by atoms with Gasteiger partial charge in [0.25, 0.3) is 0 Å². The maximum absolute atomic E-state index is 9.86. The van der Waals surface area contributed by atoms with E-state index in [-0.39, 0.29) is 6.10 Å². The molecule has 0 spiro atoms. The molecule has 1 saturated carbocycles. The molecule has 1 saturated heterocycles. The van der Waals surface area contributed by atoms with Crippen LogP contribution in [0.25, 0.3) is 0 Å². The van der Waals surface area contributed by atoms with E-state index in [4.69, 9.17) is 0 Å². The van der Waals surface area contributed by atoms with Crippen molar-refractivity contribution < 1.29 is 5.11 Å². The van der Waals surface area contributed by atoms with E-state index in [1.807, 2.05) is 0 Å². The Morgan fingerprint density at radius 3 is 2.80 bits per heavy atom. The van der Waals surface area contributed by atoms with Gasteiger partial charge in [0, 0.05) is 19.1 Å². The molecule has 118 valence electrons. The third-order valence-electron chi connectivity index (χ3n) is 5.15. The van der Waals surface area contributed by atoms with Crippen molar-refractivity contribution in [3.8, 4) is 0 Å². The van der Waals surface area contributed by atoms with Crippen molar-refractivity contribution in [3.05, 3.63) is 0 Å². The number of piperidine rings is 1. The molecule has 0 aromatic rings. The van der Waals surface area contributed by atoms with Crippen LogP contribution in [0, 0.1) is 11.3 Å². The minimum atomic E-state index is -0.0950. The SMILES string of the molecule is CCCNC1CCC(C)(C)CC1CN1CCCC(O)C1. The van der Waals surface area contributed by atoms with Crippen molar-refractivity contribution in [1.82, 2.24) is 10.2 Å². The van der Waals surface area contributed by atoms with E-state index >= 15 is 0 Å². The fourth-order valence-corrected chi connectivity index (χ4v) is 4.05.